The van der Waals surface area contributed by atoms with Crippen LogP contribution in [0.1, 0.15) is 53.0 Å². The fourth-order valence-electron chi connectivity index (χ4n) is 3.88. The quantitative estimate of drug-likeness (QED) is 0.686. The minimum absolute atomic E-state index is 0.131. The fraction of sp³-hybridized carbons (Fsp3) is 0.364. The molecule has 1 aromatic carbocycles. The first kappa shape index (κ1) is 19.0. The molecule has 6 heteroatoms. The maximum Gasteiger partial charge on any atom is 0.270 e. The third-order valence-electron chi connectivity index (χ3n) is 5.45. The van der Waals surface area contributed by atoms with E-state index < -0.39 is 0 Å². The highest BCUT2D eigenvalue weighted by Crippen LogP contribution is 2.25. The Morgan fingerprint density at radius 1 is 1.21 bits per heavy atom. The maximum absolute atomic E-state index is 12.9. The van der Waals surface area contributed by atoms with Crippen molar-refractivity contribution in [3.8, 4) is 0 Å². The number of aryl methyl sites for hydroxylation is 1. The zero-order valence-electron chi connectivity index (χ0n) is 16.0. The zero-order valence-corrected chi connectivity index (χ0v) is 16.8. The third kappa shape index (κ3) is 3.91. The molecule has 0 unspecified atom stereocenters. The molecule has 3 heterocycles. The molecular weight excluding hydrogens is 372 g/mol. The standard InChI is InChI=1S/C22H25ClN4O/c1-2-19-21(27-14-18(23)7-8-20(27)26-19)22(28)25-13-15-3-5-16(6-4-15)17-9-11-24-12-10-17/h3-8,14,17,24H,2,9-13H2,1H3,(H,25,28). The summed E-state index contributed by atoms with van der Waals surface area (Å²) in [5, 5.41) is 7.02. The summed E-state index contributed by atoms with van der Waals surface area (Å²) in [7, 11) is 0. The van der Waals surface area contributed by atoms with Gasteiger partial charge < -0.3 is 10.6 Å². The zero-order chi connectivity index (χ0) is 19.5. The maximum atomic E-state index is 12.9. The highest BCUT2D eigenvalue weighted by molar-refractivity contribution is 6.30. The molecule has 146 valence electrons. The van der Waals surface area contributed by atoms with Gasteiger partial charge in [-0.2, -0.15) is 0 Å². The molecule has 0 atom stereocenters. The van der Waals surface area contributed by atoms with Gasteiger partial charge in [-0.05, 0) is 61.5 Å². The van der Waals surface area contributed by atoms with Crippen molar-refractivity contribution in [1.29, 1.82) is 0 Å². The molecule has 1 amide bonds. The molecule has 5 nitrogen and oxygen atoms in total. The Hall–Kier alpha value is -2.37. The molecule has 0 radical (unpaired) electrons. The first-order chi connectivity index (χ1) is 13.7. The van der Waals surface area contributed by atoms with E-state index in [1.54, 1.807) is 16.7 Å². The first-order valence-electron chi connectivity index (χ1n) is 9.90. The minimum Gasteiger partial charge on any atom is -0.347 e. The molecule has 2 N–H and O–H groups in total. The molecule has 0 aliphatic carbocycles. The van der Waals surface area contributed by atoms with E-state index >= 15 is 0 Å². The molecule has 0 bridgehead atoms. The van der Waals surface area contributed by atoms with Crippen LogP contribution in [-0.2, 0) is 13.0 Å². The van der Waals surface area contributed by atoms with Gasteiger partial charge in [-0.1, -0.05) is 42.8 Å². The van der Waals surface area contributed by atoms with Crippen molar-refractivity contribution in [1.82, 2.24) is 20.0 Å². The number of halogens is 1. The number of carbonyl (C=O) groups excluding carboxylic acids is 1. The van der Waals surface area contributed by atoms with Crippen LogP contribution in [0.3, 0.4) is 0 Å². The number of hydrogen-bond donors (Lipinski definition) is 2. The van der Waals surface area contributed by atoms with Crippen LogP contribution in [0.2, 0.25) is 5.02 Å². The van der Waals surface area contributed by atoms with Gasteiger partial charge in [-0.3, -0.25) is 9.20 Å². The number of aromatic nitrogens is 2. The Morgan fingerprint density at radius 3 is 2.68 bits per heavy atom. The van der Waals surface area contributed by atoms with E-state index in [2.05, 4.69) is 39.9 Å². The van der Waals surface area contributed by atoms with Crippen LogP contribution >= 0.6 is 11.6 Å². The minimum atomic E-state index is -0.131. The van der Waals surface area contributed by atoms with Gasteiger partial charge >= 0.3 is 0 Å². The van der Waals surface area contributed by atoms with Gasteiger partial charge in [0.2, 0.25) is 0 Å². The second-order valence-electron chi connectivity index (χ2n) is 7.28. The summed E-state index contributed by atoms with van der Waals surface area (Å²) in [6.07, 6.45) is 4.80. The summed E-state index contributed by atoms with van der Waals surface area (Å²) in [5.74, 6) is 0.508. The van der Waals surface area contributed by atoms with Crippen LogP contribution in [0.4, 0.5) is 0 Å². The van der Waals surface area contributed by atoms with Crippen molar-refractivity contribution >= 4 is 23.2 Å². The van der Waals surface area contributed by atoms with Gasteiger partial charge in [0.25, 0.3) is 5.91 Å². The van der Waals surface area contributed by atoms with E-state index in [0.29, 0.717) is 29.6 Å². The smallest absolute Gasteiger partial charge is 0.270 e. The van der Waals surface area contributed by atoms with Crippen LogP contribution in [0.25, 0.3) is 5.65 Å². The van der Waals surface area contributed by atoms with Crippen molar-refractivity contribution < 1.29 is 4.79 Å². The van der Waals surface area contributed by atoms with Gasteiger partial charge in [-0.15, -0.1) is 0 Å². The summed E-state index contributed by atoms with van der Waals surface area (Å²) in [4.78, 5) is 17.4. The van der Waals surface area contributed by atoms with Gasteiger partial charge in [-0.25, -0.2) is 4.98 Å². The SMILES string of the molecule is CCc1nc2ccc(Cl)cn2c1C(=O)NCc1ccc(C2CCNCC2)cc1. The highest BCUT2D eigenvalue weighted by atomic mass is 35.5. The Morgan fingerprint density at radius 2 is 1.96 bits per heavy atom. The van der Waals surface area contributed by atoms with Crippen molar-refractivity contribution in [2.24, 2.45) is 0 Å². The van der Waals surface area contributed by atoms with Crippen molar-refractivity contribution in [3.05, 3.63) is 70.1 Å². The number of nitrogens with zero attached hydrogens (tertiary/aromatic N) is 2. The highest BCUT2D eigenvalue weighted by Gasteiger charge is 2.18. The molecule has 1 fully saturated rings. The Bertz CT molecular complexity index is 974. The molecule has 1 saturated heterocycles. The second kappa shape index (κ2) is 8.33. The van der Waals surface area contributed by atoms with E-state index in [4.69, 9.17) is 11.6 Å². The summed E-state index contributed by atoms with van der Waals surface area (Å²) in [6.45, 7) is 4.67. The lowest BCUT2D eigenvalue weighted by Crippen LogP contribution is -2.26. The lowest BCUT2D eigenvalue weighted by atomic mass is 9.90. The number of nitrogens with one attached hydrogen (secondary N) is 2. The molecule has 28 heavy (non-hydrogen) atoms. The second-order valence-corrected chi connectivity index (χ2v) is 7.72. The molecule has 1 aliphatic rings. The fourth-order valence-corrected chi connectivity index (χ4v) is 4.04. The Labute approximate surface area is 170 Å². The van der Waals surface area contributed by atoms with E-state index in [1.807, 2.05) is 13.0 Å². The average molecular weight is 397 g/mol. The number of fused-ring (bicyclic) bond motifs is 1. The molecule has 1 aliphatic heterocycles. The number of hydrogen-bond acceptors (Lipinski definition) is 3. The Balaban J connectivity index is 1.47. The molecule has 0 spiro atoms. The van der Waals surface area contributed by atoms with Crippen LogP contribution in [0.5, 0.6) is 0 Å². The summed E-state index contributed by atoms with van der Waals surface area (Å²) >= 11 is 6.12. The van der Waals surface area contributed by atoms with Crippen molar-refractivity contribution in [2.75, 3.05) is 13.1 Å². The molecule has 3 aromatic rings. The van der Waals surface area contributed by atoms with Crippen LogP contribution in [0.15, 0.2) is 42.6 Å². The van der Waals surface area contributed by atoms with Crippen LogP contribution in [0, 0.1) is 0 Å². The summed E-state index contributed by atoms with van der Waals surface area (Å²) in [6, 6.07) is 12.2. The predicted octanol–water partition coefficient (Wildman–Crippen LogP) is 3.95. The van der Waals surface area contributed by atoms with Crippen molar-refractivity contribution in [2.45, 2.75) is 38.6 Å². The lowest BCUT2D eigenvalue weighted by Gasteiger charge is -2.23. The number of amides is 1. The topological polar surface area (TPSA) is 58.4 Å². The number of imidazole rings is 1. The van der Waals surface area contributed by atoms with Gasteiger partial charge in [0.05, 0.1) is 10.7 Å². The lowest BCUT2D eigenvalue weighted by molar-refractivity contribution is 0.0944. The number of rotatable bonds is 5. The third-order valence-corrected chi connectivity index (χ3v) is 5.67. The van der Waals surface area contributed by atoms with Crippen LogP contribution in [-0.4, -0.2) is 28.4 Å². The number of piperidine rings is 1. The van der Waals surface area contributed by atoms with Gasteiger partial charge in [0.1, 0.15) is 11.3 Å². The molecular formula is C22H25ClN4O. The summed E-state index contributed by atoms with van der Waals surface area (Å²) in [5.41, 5.74) is 4.56. The first-order valence-corrected chi connectivity index (χ1v) is 10.3. The van der Waals surface area contributed by atoms with E-state index in [-0.39, 0.29) is 5.91 Å². The molecule has 2 aromatic heterocycles. The van der Waals surface area contributed by atoms with Crippen molar-refractivity contribution in [3.63, 3.8) is 0 Å². The Kier molecular flexibility index (Phi) is 5.64. The number of benzene rings is 1. The summed E-state index contributed by atoms with van der Waals surface area (Å²) < 4.78 is 1.77. The number of carbonyl (C=O) groups is 1. The average Bonchev–Trinajstić information content (AvgIpc) is 3.11. The van der Waals surface area contributed by atoms with E-state index in [0.717, 1.165) is 30.0 Å². The number of pyridine rings is 1. The monoisotopic (exact) mass is 396 g/mol. The predicted molar refractivity (Wildman–Crippen MR) is 112 cm³/mol. The molecule has 0 saturated carbocycles. The molecule has 4 rings (SSSR count). The van der Waals surface area contributed by atoms with Gasteiger partial charge in [0.15, 0.2) is 0 Å². The van der Waals surface area contributed by atoms with E-state index in [9.17, 15) is 4.79 Å². The van der Waals surface area contributed by atoms with E-state index in [1.165, 1.54) is 18.4 Å². The van der Waals surface area contributed by atoms with Gasteiger partial charge in [0, 0.05) is 12.7 Å². The van der Waals surface area contributed by atoms with Crippen LogP contribution < -0.4 is 10.6 Å². The largest absolute Gasteiger partial charge is 0.347 e. The normalized spacial score (nSPS) is 15.1.